The van der Waals surface area contributed by atoms with Gasteiger partial charge >= 0.3 is 0 Å². The molecule has 0 unspecified atom stereocenters. The lowest BCUT2D eigenvalue weighted by atomic mass is 9.74. The van der Waals surface area contributed by atoms with E-state index in [1.807, 2.05) is 7.05 Å². The van der Waals surface area contributed by atoms with Crippen molar-refractivity contribution < 1.29 is 14.3 Å². The molecule has 0 bridgehead atoms. The lowest BCUT2D eigenvalue weighted by Gasteiger charge is -2.30. The van der Waals surface area contributed by atoms with Crippen LogP contribution in [0.2, 0.25) is 0 Å². The molecule has 1 heterocycles. The number of benzene rings is 1. The Balaban J connectivity index is 1.62. The van der Waals surface area contributed by atoms with Crippen LogP contribution in [0.5, 0.6) is 5.75 Å². The molecule has 1 aromatic carbocycles. The van der Waals surface area contributed by atoms with Gasteiger partial charge in [-0.1, -0.05) is 39.8 Å². The van der Waals surface area contributed by atoms with E-state index in [0.717, 1.165) is 60.3 Å². The molecule has 1 aliphatic carbocycles. The second kappa shape index (κ2) is 12.9. The number of fused-ring (bicyclic) bond motifs is 1. The van der Waals surface area contributed by atoms with Crippen LogP contribution < -0.4 is 15.4 Å². The molecule has 0 saturated carbocycles. The molecular weight excluding hydrogens is 468 g/mol. The Labute approximate surface area is 221 Å². The van der Waals surface area contributed by atoms with Crippen LogP contribution in [0.4, 0.5) is 0 Å². The largest absolute Gasteiger partial charge is 0.491 e. The molecular formula is C30H44N2O3S. The standard InChI is InChI=1S/C30H44N2O3S/c1-7-22-18-21(17-20(3)28(22)35-16-15-32-27(34)12-14-31-6)9-10-25(33)29-23-11-13-30(4,5)19-24(23)26(8-2)36-29/h17-18,31H,7-16,19H2,1-6H3,(H,32,34). The minimum absolute atomic E-state index is 0.0298. The van der Waals surface area contributed by atoms with Crippen LogP contribution in [-0.4, -0.2) is 38.4 Å². The maximum atomic E-state index is 13.3. The first kappa shape index (κ1) is 28.4. The topological polar surface area (TPSA) is 67.4 Å². The summed E-state index contributed by atoms with van der Waals surface area (Å²) < 4.78 is 6.06. The number of ether oxygens (including phenoxy) is 1. The van der Waals surface area contributed by atoms with Gasteiger partial charge in [0.05, 0.1) is 11.4 Å². The number of ketones is 1. The summed E-state index contributed by atoms with van der Waals surface area (Å²) in [6, 6.07) is 4.34. The first-order valence-corrected chi connectivity index (χ1v) is 14.3. The van der Waals surface area contributed by atoms with Gasteiger partial charge in [0.15, 0.2) is 5.78 Å². The molecule has 0 spiro atoms. The summed E-state index contributed by atoms with van der Waals surface area (Å²) >= 11 is 1.75. The lowest BCUT2D eigenvalue weighted by molar-refractivity contribution is -0.121. The van der Waals surface area contributed by atoms with Crippen molar-refractivity contribution in [1.82, 2.24) is 10.6 Å². The van der Waals surface area contributed by atoms with Crippen molar-refractivity contribution in [2.24, 2.45) is 5.41 Å². The Morgan fingerprint density at radius 1 is 1.08 bits per heavy atom. The summed E-state index contributed by atoms with van der Waals surface area (Å²) in [5.74, 6) is 1.22. The predicted octanol–water partition coefficient (Wildman–Crippen LogP) is 5.62. The maximum Gasteiger partial charge on any atom is 0.221 e. The maximum absolute atomic E-state index is 13.3. The Hall–Kier alpha value is -2.18. The van der Waals surface area contributed by atoms with Gasteiger partial charge in [0, 0.05) is 24.3 Å². The number of hydrogen-bond acceptors (Lipinski definition) is 5. The van der Waals surface area contributed by atoms with Crippen LogP contribution in [-0.2, 0) is 36.9 Å². The number of carbonyl (C=O) groups excluding carboxylic acids is 2. The van der Waals surface area contributed by atoms with Crippen LogP contribution in [0.25, 0.3) is 0 Å². The third-order valence-corrected chi connectivity index (χ3v) is 8.65. The number of Topliss-reactive ketones (excluding diaryl/α,β-unsaturated/α-hetero) is 1. The fourth-order valence-corrected chi connectivity index (χ4v) is 6.42. The van der Waals surface area contributed by atoms with E-state index in [2.05, 4.69) is 57.4 Å². The van der Waals surface area contributed by atoms with Crippen molar-refractivity contribution in [2.75, 3.05) is 26.7 Å². The van der Waals surface area contributed by atoms with Gasteiger partial charge in [-0.15, -0.1) is 11.3 Å². The average molecular weight is 513 g/mol. The van der Waals surface area contributed by atoms with Crippen molar-refractivity contribution in [3.8, 4) is 5.75 Å². The molecule has 0 saturated heterocycles. The normalized spacial score (nSPS) is 14.4. The highest BCUT2D eigenvalue weighted by molar-refractivity contribution is 7.14. The molecule has 0 radical (unpaired) electrons. The molecule has 1 amide bonds. The van der Waals surface area contributed by atoms with E-state index in [1.165, 1.54) is 21.6 Å². The predicted molar refractivity (Wildman–Crippen MR) is 150 cm³/mol. The van der Waals surface area contributed by atoms with Crippen LogP contribution in [0.1, 0.15) is 89.3 Å². The molecule has 0 atom stereocenters. The van der Waals surface area contributed by atoms with E-state index < -0.39 is 0 Å². The zero-order chi connectivity index (χ0) is 26.3. The molecule has 2 aromatic rings. The van der Waals surface area contributed by atoms with Crippen molar-refractivity contribution in [1.29, 1.82) is 0 Å². The highest BCUT2D eigenvalue weighted by Crippen LogP contribution is 2.42. The smallest absolute Gasteiger partial charge is 0.221 e. The molecule has 2 N–H and O–H groups in total. The molecule has 198 valence electrons. The highest BCUT2D eigenvalue weighted by atomic mass is 32.1. The lowest BCUT2D eigenvalue weighted by Crippen LogP contribution is -2.30. The van der Waals surface area contributed by atoms with Crippen molar-refractivity contribution in [3.05, 3.63) is 49.7 Å². The quantitative estimate of drug-likeness (QED) is 0.270. The Morgan fingerprint density at radius 2 is 1.86 bits per heavy atom. The minimum Gasteiger partial charge on any atom is -0.491 e. The summed E-state index contributed by atoms with van der Waals surface area (Å²) in [6.07, 6.45) is 6.90. The summed E-state index contributed by atoms with van der Waals surface area (Å²) in [5.41, 5.74) is 6.56. The third-order valence-electron chi connectivity index (χ3n) is 7.19. The number of thiophene rings is 1. The van der Waals surface area contributed by atoms with Crippen molar-refractivity contribution >= 4 is 23.0 Å². The summed E-state index contributed by atoms with van der Waals surface area (Å²) in [6.45, 7) is 12.7. The van der Waals surface area contributed by atoms with E-state index in [4.69, 9.17) is 4.74 Å². The molecule has 0 fully saturated rings. The van der Waals surface area contributed by atoms with E-state index in [1.54, 1.807) is 11.3 Å². The second-order valence-corrected chi connectivity index (χ2v) is 11.8. The zero-order valence-electron chi connectivity index (χ0n) is 23.1. The van der Waals surface area contributed by atoms with Gasteiger partial charge in [-0.3, -0.25) is 9.59 Å². The van der Waals surface area contributed by atoms with Crippen LogP contribution in [0, 0.1) is 12.3 Å². The monoisotopic (exact) mass is 512 g/mol. The molecule has 3 rings (SSSR count). The zero-order valence-corrected chi connectivity index (χ0v) is 23.9. The molecule has 1 aromatic heterocycles. The molecule has 36 heavy (non-hydrogen) atoms. The minimum atomic E-state index is 0.0298. The second-order valence-electron chi connectivity index (χ2n) is 10.7. The van der Waals surface area contributed by atoms with Gasteiger partial charge in [-0.2, -0.15) is 0 Å². The van der Waals surface area contributed by atoms with Crippen LogP contribution in [0.3, 0.4) is 0 Å². The van der Waals surface area contributed by atoms with Crippen LogP contribution in [0.15, 0.2) is 12.1 Å². The van der Waals surface area contributed by atoms with Crippen molar-refractivity contribution in [2.45, 2.75) is 86.0 Å². The number of amides is 1. The molecule has 1 aliphatic rings. The fourth-order valence-electron chi connectivity index (χ4n) is 5.15. The number of rotatable bonds is 13. The molecule has 5 nitrogen and oxygen atoms in total. The number of carbonyl (C=O) groups is 2. The SMILES string of the molecule is CCc1cc(CCC(=O)c2sc(CC)c3c2CCC(C)(C)C3)cc(C)c1OCCNC(=O)CCNC. The Bertz CT molecular complexity index is 1070. The van der Waals surface area contributed by atoms with E-state index >= 15 is 0 Å². The third kappa shape index (κ3) is 7.19. The van der Waals surface area contributed by atoms with Gasteiger partial charge in [-0.25, -0.2) is 0 Å². The summed E-state index contributed by atoms with van der Waals surface area (Å²) in [7, 11) is 1.84. The van der Waals surface area contributed by atoms with Gasteiger partial charge in [-0.05, 0) is 85.7 Å². The molecule has 0 aliphatic heterocycles. The van der Waals surface area contributed by atoms with Crippen molar-refractivity contribution in [3.63, 3.8) is 0 Å². The van der Waals surface area contributed by atoms with Crippen LogP contribution >= 0.6 is 11.3 Å². The molecule has 6 heteroatoms. The first-order valence-electron chi connectivity index (χ1n) is 13.5. The van der Waals surface area contributed by atoms with E-state index in [0.29, 0.717) is 43.7 Å². The van der Waals surface area contributed by atoms with Gasteiger partial charge < -0.3 is 15.4 Å². The summed E-state index contributed by atoms with van der Waals surface area (Å²) in [5, 5.41) is 5.87. The van der Waals surface area contributed by atoms with Gasteiger partial charge in [0.1, 0.15) is 12.4 Å². The van der Waals surface area contributed by atoms with E-state index in [-0.39, 0.29) is 5.91 Å². The number of aryl methyl sites for hydroxylation is 4. The van der Waals surface area contributed by atoms with Gasteiger partial charge in [0.2, 0.25) is 5.91 Å². The van der Waals surface area contributed by atoms with E-state index in [9.17, 15) is 9.59 Å². The number of hydrogen-bond donors (Lipinski definition) is 2. The Kier molecular flexibility index (Phi) is 10.1. The average Bonchev–Trinajstić information content (AvgIpc) is 3.21. The number of nitrogens with one attached hydrogen (secondary N) is 2. The highest BCUT2D eigenvalue weighted by Gasteiger charge is 2.31. The fraction of sp³-hybridized carbons (Fsp3) is 0.600. The Morgan fingerprint density at radius 3 is 2.56 bits per heavy atom. The first-order chi connectivity index (χ1) is 17.2. The van der Waals surface area contributed by atoms with Gasteiger partial charge in [0.25, 0.3) is 0 Å². The summed E-state index contributed by atoms with van der Waals surface area (Å²) in [4.78, 5) is 27.5.